The van der Waals surface area contributed by atoms with Gasteiger partial charge in [0, 0.05) is 0 Å². The number of aliphatic carboxylic acids is 1. The predicted molar refractivity (Wildman–Crippen MR) is 59.6 cm³/mol. The number of aliphatic hydroxyl groups excluding tert-OH is 1. The van der Waals surface area contributed by atoms with Crippen molar-refractivity contribution in [2.24, 2.45) is 11.8 Å². The zero-order valence-electron chi connectivity index (χ0n) is 9.06. The molecule has 0 amide bonds. The molecule has 0 aliphatic rings. The summed E-state index contributed by atoms with van der Waals surface area (Å²) >= 11 is 1.72. The van der Waals surface area contributed by atoms with E-state index < -0.39 is 18.0 Å². The molecule has 2 N–H and O–H groups in total. The lowest BCUT2D eigenvalue weighted by molar-refractivity contribution is -0.147. The maximum atomic E-state index is 10.8. The second-order valence-electron chi connectivity index (χ2n) is 3.66. The molecular formula is C10H20O3S. The molecule has 3 nitrogen and oxygen atoms in total. The second kappa shape index (κ2) is 7.12. The van der Waals surface area contributed by atoms with Gasteiger partial charge in [-0.15, -0.1) is 0 Å². The molecule has 0 heterocycles. The van der Waals surface area contributed by atoms with E-state index in [2.05, 4.69) is 0 Å². The molecule has 0 rings (SSSR count). The number of carboxylic acids is 1. The number of carbonyl (C=O) groups is 1. The van der Waals surface area contributed by atoms with Gasteiger partial charge < -0.3 is 10.2 Å². The molecule has 4 heteroatoms. The van der Waals surface area contributed by atoms with Crippen LogP contribution < -0.4 is 0 Å². The summed E-state index contributed by atoms with van der Waals surface area (Å²) < 4.78 is 0. The monoisotopic (exact) mass is 220 g/mol. The molecule has 0 aromatic carbocycles. The third-order valence-corrected chi connectivity index (χ3v) is 3.11. The number of thioether (sulfide) groups is 1. The van der Waals surface area contributed by atoms with Gasteiger partial charge in [-0.05, 0) is 23.8 Å². The van der Waals surface area contributed by atoms with Gasteiger partial charge in [0.05, 0.1) is 12.0 Å². The summed E-state index contributed by atoms with van der Waals surface area (Å²) in [7, 11) is 0. The topological polar surface area (TPSA) is 57.5 Å². The Labute approximate surface area is 89.9 Å². The predicted octanol–water partition coefficient (Wildman–Crippen LogP) is 1.85. The van der Waals surface area contributed by atoms with E-state index >= 15 is 0 Å². The fourth-order valence-corrected chi connectivity index (χ4v) is 2.12. The van der Waals surface area contributed by atoms with Crippen LogP contribution in [0.5, 0.6) is 0 Å². The number of hydrogen-bond donors (Lipinski definition) is 2. The first-order chi connectivity index (χ1) is 6.50. The summed E-state index contributed by atoms with van der Waals surface area (Å²) in [6.07, 6.45) is -0.153. The SMILES string of the molecule is CCSCCC(O)C(C(=O)O)C(C)C. The minimum absolute atomic E-state index is 0.0193. The Bertz CT molecular complexity index is 171. The Morgan fingerprint density at radius 2 is 2.00 bits per heavy atom. The average Bonchev–Trinajstić information content (AvgIpc) is 2.03. The molecule has 0 aromatic rings. The van der Waals surface area contributed by atoms with Crippen LogP contribution in [0.3, 0.4) is 0 Å². The van der Waals surface area contributed by atoms with Crippen LogP contribution in [0.1, 0.15) is 27.2 Å². The molecule has 14 heavy (non-hydrogen) atoms. The average molecular weight is 220 g/mol. The lowest BCUT2D eigenvalue weighted by Gasteiger charge is -2.22. The minimum Gasteiger partial charge on any atom is -0.481 e. The first-order valence-corrected chi connectivity index (χ1v) is 6.14. The largest absolute Gasteiger partial charge is 0.481 e. The Morgan fingerprint density at radius 1 is 1.43 bits per heavy atom. The lowest BCUT2D eigenvalue weighted by Crippen LogP contribution is -2.32. The van der Waals surface area contributed by atoms with Gasteiger partial charge in [0.25, 0.3) is 0 Å². The summed E-state index contributed by atoms with van der Waals surface area (Å²) in [6.45, 7) is 5.71. The van der Waals surface area contributed by atoms with E-state index in [9.17, 15) is 9.90 Å². The second-order valence-corrected chi connectivity index (χ2v) is 5.05. The van der Waals surface area contributed by atoms with Gasteiger partial charge in [-0.1, -0.05) is 20.8 Å². The molecule has 0 aliphatic carbocycles. The van der Waals surface area contributed by atoms with Crippen LogP contribution in [0.4, 0.5) is 0 Å². The van der Waals surface area contributed by atoms with Gasteiger partial charge in [0.15, 0.2) is 0 Å². The standard InChI is InChI=1S/C10H20O3S/c1-4-14-6-5-8(11)9(7(2)3)10(12)13/h7-9,11H,4-6H2,1-3H3,(H,12,13). The van der Waals surface area contributed by atoms with Gasteiger partial charge in [-0.3, -0.25) is 4.79 Å². The zero-order chi connectivity index (χ0) is 11.1. The highest BCUT2D eigenvalue weighted by Gasteiger charge is 2.28. The maximum Gasteiger partial charge on any atom is 0.309 e. The van der Waals surface area contributed by atoms with Crippen molar-refractivity contribution in [3.63, 3.8) is 0 Å². The number of hydrogen-bond acceptors (Lipinski definition) is 3. The fraction of sp³-hybridized carbons (Fsp3) is 0.900. The normalized spacial score (nSPS) is 15.5. The highest BCUT2D eigenvalue weighted by molar-refractivity contribution is 7.99. The van der Waals surface area contributed by atoms with Gasteiger partial charge >= 0.3 is 5.97 Å². The van der Waals surface area contributed by atoms with Crippen LogP contribution in [-0.4, -0.2) is 33.8 Å². The minimum atomic E-state index is -0.894. The van der Waals surface area contributed by atoms with Gasteiger partial charge in [-0.2, -0.15) is 11.8 Å². The van der Waals surface area contributed by atoms with E-state index in [1.54, 1.807) is 11.8 Å². The van der Waals surface area contributed by atoms with Crippen LogP contribution in [0.2, 0.25) is 0 Å². The van der Waals surface area contributed by atoms with Crippen molar-refractivity contribution in [3.05, 3.63) is 0 Å². The van der Waals surface area contributed by atoms with Crippen molar-refractivity contribution in [2.45, 2.75) is 33.3 Å². The maximum absolute atomic E-state index is 10.8. The molecule has 0 bridgehead atoms. The van der Waals surface area contributed by atoms with Crippen LogP contribution in [0.25, 0.3) is 0 Å². The molecule has 84 valence electrons. The summed E-state index contributed by atoms with van der Waals surface area (Å²) in [6, 6.07) is 0. The fourth-order valence-electron chi connectivity index (χ4n) is 1.42. The van der Waals surface area contributed by atoms with E-state index in [1.165, 1.54) is 0 Å². The third-order valence-electron chi connectivity index (χ3n) is 2.18. The molecule has 2 atom stereocenters. The van der Waals surface area contributed by atoms with Crippen LogP contribution >= 0.6 is 11.8 Å². The smallest absolute Gasteiger partial charge is 0.309 e. The van der Waals surface area contributed by atoms with E-state index in [4.69, 9.17) is 5.11 Å². The molecular weight excluding hydrogens is 200 g/mol. The number of rotatable bonds is 7. The third kappa shape index (κ3) is 4.86. The van der Waals surface area contributed by atoms with Crippen molar-refractivity contribution >= 4 is 17.7 Å². The summed E-state index contributed by atoms with van der Waals surface area (Å²) in [5, 5.41) is 18.6. The molecule has 0 saturated heterocycles. The van der Waals surface area contributed by atoms with Gasteiger partial charge in [0.2, 0.25) is 0 Å². The first-order valence-electron chi connectivity index (χ1n) is 4.99. The van der Waals surface area contributed by atoms with Crippen molar-refractivity contribution in [2.75, 3.05) is 11.5 Å². The van der Waals surface area contributed by atoms with Crippen molar-refractivity contribution in [3.8, 4) is 0 Å². The molecule has 0 aromatic heterocycles. The van der Waals surface area contributed by atoms with Crippen LogP contribution in [-0.2, 0) is 4.79 Å². The number of carboxylic acid groups (broad SMARTS) is 1. The quantitative estimate of drug-likeness (QED) is 0.643. The number of aliphatic hydroxyl groups is 1. The molecule has 0 aliphatic heterocycles. The molecule has 0 radical (unpaired) electrons. The summed E-state index contributed by atoms with van der Waals surface area (Å²) in [4.78, 5) is 10.8. The van der Waals surface area contributed by atoms with Gasteiger partial charge in [0.1, 0.15) is 0 Å². The summed E-state index contributed by atoms with van der Waals surface area (Å²) in [5.74, 6) is 0.288. The molecule has 2 unspecified atom stereocenters. The molecule has 0 spiro atoms. The Morgan fingerprint density at radius 3 is 2.36 bits per heavy atom. The van der Waals surface area contributed by atoms with Gasteiger partial charge in [-0.25, -0.2) is 0 Å². The van der Waals surface area contributed by atoms with E-state index in [0.717, 1.165) is 11.5 Å². The first kappa shape index (κ1) is 13.8. The van der Waals surface area contributed by atoms with Crippen molar-refractivity contribution in [1.82, 2.24) is 0 Å². The highest BCUT2D eigenvalue weighted by Crippen LogP contribution is 2.19. The molecule has 0 saturated carbocycles. The van der Waals surface area contributed by atoms with Crippen molar-refractivity contribution < 1.29 is 15.0 Å². The van der Waals surface area contributed by atoms with Crippen LogP contribution in [0.15, 0.2) is 0 Å². The van der Waals surface area contributed by atoms with Crippen molar-refractivity contribution in [1.29, 1.82) is 0 Å². The van der Waals surface area contributed by atoms with E-state index in [0.29, 0.717) is 6.42 Å². The lowest BCUT2D eigenvalue weighted by atomic mass is 9.89. The van der Waals surface area contributed by atoms with E-state index in [1.807, 2.05) is 20.8 Å². The van der Waals surface area contributed by atoms with E-state index in [-0.39, 0.29) is 5.92 Å². The Balaban J connectivity index is 4.02. The highest BCUT2D eigenvalue weighted by atomic mass is 32.2. The van der Waals surface area contributed by atoms with Crippen LogP contribution in [0, 0.1) is 11.8 Å². The Hall–Kier alpha value is -0.220. The molecule has 0 fully saturated rings. The Kier molecular flexibility index (Phi) is 7.01. The summed E-state index contributed by atoms with van der Waals surface area (Å²) in [5.41, 5.74) is 0. The zero-order valence-corrected chi connectivity index (χ0v) is 9.88.